The van der Waals surface area contributed by atoms with Crippen LogP contribution in [0.4, 0.5) is 15.8 Å². The van der Waals surface area contributed by atoms with E-state index < -0.39 is 46.0 Å². The van der Waals surface area contributed by atoms with Gasteiger partial charge in [0.25, 0.3) is 0 Å². The molecule has 0 saturated heterocycles. The smallest absolute Gasteiger partial charge is 0.243 e. The lowest BCUT2D eigenvalue weighted by Crippen LogP contribution is -2.53. The van der Waals surface area contributed by atoms with Crippen LogP contribution in [0.3, 0.4) is 0 Å². The van der Waals surface area contributed by atoms with Gasteiger partial charge in [0.2, 0.25) is 17.7 Å². The van der Waals surface area contributed by atoms with Crippen LogP contribution in [-0.2, 0) is 25.2 Å². The molecule has 3 amide bonds. The molecule has 36 heavy (non-hydrogen) atoms. The number of nitrogens with one attached hydrogen (secondary N) is 2. The first kappa shape index (κ1) is 27.5. The average Bonchev–Trinajstić information content (AvgIpc) is 3.33. The molecule has 0 bridgehead atoms. The summed E-state index contributed by atoms with van der Waals surface area (Å²) in [5, 5.41) is 5.64. The number of aryl methyl sites for hydroxylation is 2. The highest BCUT2D eigenvalue weighted by molar-refractivity contribution is 7.86. The average molecular weight is 516 g/mol. The van der Waals surface area contributed by atoms with Crippen LogP contribution in [0.1, 0.15) is 50.2 Å². The van der Waals surface area contributed by atoms with Crippen LogP contribution >= 0.6 is 0 Å². The Hall–Kier alpha value is -3.07. The largest absolute Gasteiger partial charge is 0.352 e. The molecule has 1 fully saturated rings. The number of benzene rings is 2. The fourth-order valence-corrected chi connectivity index (χ4v) is 5.32. The molecule has 194 valence electrons. The molecule has 3 rings (SSSR count). The fraction of sp³-hybridized carbons (Fsp3) is 0.444. The third-order valence-corrected chi connectivity index (χ3v) is 7.45. The molecule has 0 unspecified atom stereocenters. The number of rotatable bonds is 10. The number of halogens is 1. The lowest BCUT2D eigenvalue weighted by molar-refractivity contribution is -0.126. The summed E-state index contributed by atoms with van der Waals surface area (Å²) in [5.74, 6) is -2.48. The summed E-state index contributed by atoms with van der Waals surface area (Å²) >= 11 is 0. The first-order valence-corrected chi connectivity index (χ1v) is 13.8. The van der Waals surface area contributed by atoms with Crippen molar-refractivity contribution < 1.29 is 23.0 Å². The third kappa shape index (κ3) is 7.46. The van der Waals surface area contributed by atoms with E-state index in [1.165, 1.54) is 29.2 Å². The van der Waals surface area contributed by atoms with E-state index in [1.54, 1.807) is 0 Å². The summed E-state index contributed by atoms with van der Waals surface area (Å²) in [5.41, 5.74) is 2.72. The maximum Gasteiger partial charge on any atom is 0.243 e. The van der Waals surface area contributed by atoms with Gasteiger partial charge in [-0.15, -0.1) is 0 Å². The Balaban J connectivity index is 1.76. The van der Waals surface area contributed by atoms with Crippen molar-refractivity contribution in [3.05, 3.63) is 59.4 Å². The molecule has 0 spiro atoms. The predicted octanol–water partition coefficient (Wildman–Crippen LogP) is 4.00. The van der Waals surface area contributed by atoms with Gasteiger partial charge < -0.3 is 10.6 Å². The Morgan fingerprint density at radius 2 is 1.72 bits per heavy atom. The van der Waals surface area contributed by atoms with E-state index in [0.717, 1.165) is 36.8 Å². The minimum absolute atomic E-state index is 0.103. The molecular weight excluding hydrogens is 481 g/mol. The molecule has 7 nitrogen and oxygen atoms in total. The van der Waals surface area contributed by atoms with Crippen molar-refractivity contribution in [2.24, 2.45) is 0 Å². The number of anilines is 2. The summed E-state index contributed by atoms with van der Waals surface area (Å²) in [6, 6.07) is 10.2. The molecule has 0 aromatic heterocycles. The van der Waals surface area contributed by atoms with Crippen molar-refractivity contribution >= 4 is 39.9 Å². The van der Waals surface area contributed by atoms with Crippen molar-refractivity contribution in [1.82, 2.24) is 5.32 Å². The van der Waals surface area contributed by atoms with Crippen LogP contribution in [0, 0.1) is 19.7 Å². The highest BCUT2D eigenvalue weighted by Gasteiger charge is 2.33. The zero-order chi connectivity index (χ0) is 26.2. The monoisotopic (exact) mass is 515 g/mol. The van der Waals surface area contributed by atoms with Gasteiger partial charge in [-0.2, -0.15) is 0 Å². The second-order valence-electron chi connectivity index (χ2n) is 9.25. The molecule has 2 aromatic rings. The maximum absolute atomic E-state index is 13.5. The summed E-state index contributed by atoms with van der Waals surface area (Å²) < 4.78 is 25.9. The Morgan fingerprint density at radius 1 is 1.06 bits per heavy atom. The zero-order valence-corrected chi connectivity index (χ0v) is 21.8. The SMILES string of the molecule is CC[C@@H](C(=O)NC1CCCC1)N(C(=O)C[S@](=O)CC(=O)Nc1ccc(F)cc1)c1cc(C)ccc1C. The van der Waals surface area contributed by atoms with E-state index in [1.807, 2.05) is 39.0 Å². The van der Waals surface area contributed by atoms with E-state index in [2.05, 4.69) is 10.6 Å². The van der Waals surface area contributed by atoms with E-state index in [9.17, 15) is 23.0 Å². The minimum Gasteiger partial charge on any atom is -0.352 e. The van der Waals surface area contributed by atoms with Crippen LogP contribution in [-0.4, -0.2) is 45.5 Å². The summed E-state index contributed by atoms with van der Waals surface area (Å²) in [6.45, 7) is 5.62. The van der Waals surface area contributed by atoms with Crippen LogP contribution in [0.2, 0.25) is 0 Å². The third-order valence-electron chi connectivity index (χ3n) is 6.30. The Labute approximate surface area is 214 Å². The van der Waals surface area contributed by atoms with Crippen molar-refractivity contribution in [2.45, 2.75) is 65.0 Å². The van der Waals surface area contributed by atoms with Gasteiger partial charge >= 0.3 is 0 Å². The van der Waals surface area contributed by atoms with Crippen molar-refractivity contribution in [3.8, 4) is 0 Å². The molecule has 1 aliphatic carbocycles. The number of nitrogens with zero attached hydrogens (tertiary/aromatic N) is 1. The van der Waals surface area contributed by atoms with Gasteiger partial charge in [0.05, 0.1) is 0 Å². The minimum atomic E-state index is -1.81. The van der Waals surface area contributed by atoms with Crippen LogP contribution < -0.4 is 15.5 Å². The Bertz CT molecular complexity index is 1120. The van der Waals surface area contributed by atoms with Gasteiger partial charge in [0.1, 0.15) is 23.4 Å². The zero-order valence-electron chi connectivity index (χ0n) is 21.0. The van der Waals surface area contributed by atoms with E-state index >= 15 is 0 Å². The fourth-order valence-electron chi connectivity index (χ4n) is 4.44. The van der Waals surface area contributed by atoms with Crippen LogP contribution in [0.25, 0.3) is 0 Å². The molecule has 1 aliphatic rings. The second kappa shape index (κ2) is 12.8. The van der Waals surface area contributed by atoms with Gasteiger partial charge in [-0.25, -0.2) is 4.39 Å². The molecule has 2 aromatic carbocycles. The molecule has 0 heterocycles. The van der Waals surface area contributed by atoms with Gasteiger partial charge in [-0.1, -0.05) is 31.9 Å². The maximum atomic E-state index is 13.5. The van der Waals surface area contributed by atoms with Crippen molar-refractivity contribution in [3.63, 3.8) is 0 Å². The van der Waals surface area contributed by atoms with Gasteiger partial charge in [0, 0.05) is 28.2 Å². The summed E-state index contributed by atoms with van der Waals surface area (Å²) in [6.07, 6.45) is 4.37. The normalized spacial score (nSPS) is 15.2. The molecule has 2 N–H and O–H groups in total. The number of carbonyl (C=O) groups excluding carboxylic acids is 3. The lowest BCUT2D eigenvalue weighted by atomic mass is 10.1. The van der Waals surface area contributed by atoms with E-state index in [4.69, 9.17) is 0 Å². The standard InChI is InChI=1S/C27H34FN3O4S/c1-4-23(27(34)30-21-7-5-6-8-21)31(24-15-18(2)9-10-19(24)3)26(33)17-36(35)16-25(32)29-22-13-11-20(28)12-14-22/h9-15,21,23H,4-8,16-17H2,1-3H3,(H,29,32)(H,30,34)/t23-,36+/m0/s1. The first-order chi connectivity index (χ1) is 17.2. The Kier molecular flexibility index (Phi) is 9.75. The summed E-state index contributed by atoms with van der Waals surface area (Å²) in [7, 11) is -1.81. The molecular formula is C27H34FN3O4S. The van der Waals surface area contributed by atoms with Crippen molar-refractivity contribution in [1.29, 1.82) is 0 Å². The topological polar surface area (TPSA) is 95.6 Å². The highest BCUT2D eigenvalue weighted by atomic mass is 32.2. The number of amides is 3. The highest BCUT2D eigenvalue weighted by Crippen LogP contribution is 2.26. The van der Waals surface area contributed by atoms with Crippen molar-refractivity contribution in [2.75, 3.05) is 21.7 Å². The quantitative estimate of drug-likeness (QED) is 0.500. The number of hydrogen-bond donors (Lipinski definition) is 2. The molecule has 1 saturated carbocycles. The lowest BCUT2D eigenvalue weighted by Gasteiger charge is -2.32. The molecule has 9 heteroatoms. The predicted molar refractivity (Wildman–Crippen MR) is 141 cm³/mol. The van der Waals surface area contributed by atoms with Gasteiger partial charge in [-0.3, -0.25) is 23.5 Å². The second-order valence-corrected chi connectivity index (χ2v) is 10.7. The first-order valence-electron chi connectivity index (χ1n) is 12.3. The van der Waals surface area contributed by atoms with Gasteiger partial charge in [-0.05, 0) is 74.6 Å². The molecule has 0 radical (unpaired) electrons. The summed E-state index contributed by atoms with van der Waals surface area (Å²) in [4.78, 5) is 40.6. The number of hydrogen-bond acceptors (Lipinski definition) is 4. The van der Waals surface area contributed by atoms with Crippen LogP contribution in [0.15, 0.2) is 42.5 Å². The van der Waals surface area contributed by atoms with E-state index in [-0.39, 0.29) is 11.9 Å². The molecule has 0 aliphatic heterocycles. The molecule has 2 atom stereocenters. The number of carbonyl (C=O) groups is 3. The van der Waals surface area contributed by atoms with E-state index in [0.29, 0.717) is 17.8 Å². The Morgan fingerprint density at radius 3 is 2.36 bits per heavy atom. The van der Waals surface area contributed by atoms with Crippen LogP contribution in [0.5, 0.6) is 0 Å². The van der Waals surface area contributed by atoms with Gasteiger partial charge in [0.15, 0.2) is 0 Å².